The van der Waals surface area contributed by atoms with Crippen molar-refractivity contribution in [3.8, 4) is 16.9 Å². The Hall–Kier alpha value is -2.07. The molecule has 3 rings (SSSR count). The van der Waals surface area contributed by atoms with Crippen LogP contribution in [0.1, 0.15) is 31.2 Å². The number of benzene rings is 1. The quantitative estimate of drug-likeness (QED) is 0.811. The van der Waals surface area contributed by atoms with Crippen molar-refractivity contribution >= 4 is 5.82 Å². The van der Waals surface area contributed by atoms with Gasteiger partial charge in [0.15, 0.2) is 0 Å². The van der Waals surface area contributed by atoms with E-state index in [4.69, 9.17) is 5.73 Å². The van der Waals surface area contributed by atoms with Crippen LogP contribution in [0.3, 0.4) is 0 Å². The van der Waals surface area contributed by atoms with Gasteiger partial charge < -0.3 is 16.2 Å². The van der Waals surface area contributed by atoms with Crippen LogP contribution in [0.2, 0.25) is 0 Å². The van der Waals surface area contributed by atoms with Crippen molar-refractivity contribution in [2.24, 2.45) is 0 Å². The van der Waals surface area contributed by atoms with Crippen LogP contribution in [0.25, 0.3) is 11.1 Å². The first-order chi connectivity index (χ1) is 10.7. The lowest BCUT2D eigenvalue weighted by atomic mass is 9.96. The van der Waals surface area contributed by atoms with Gasteiger partial charge in [0.25, 0.3) is 0 Å². The number of nitrogens with two attached hydrogens (primary N) is 1. The highest BCUT2D eigenvalue weighted by Gasteiger charge is 2.12. The SMILES string of the molecule is Nc1ccc(-c2cc(O)cc(CCC3CCCCN3)c2)cn1. The van der Waals surface area contributed by atoms with E-state index in [1.54, 1.807) is 18.3 Å². The summed E-state index contributed by atoms with van der Waals surface area (Å²) in [5.41, 5.74) is 8.75. The molecular formula is C18H23N3O. The van der Waals surface area contributed by atoms with Gasteiger partial charge in [-0.3, -0.25) is 0 Å². The second-order valence-corrected chi connectivity index (χ2v) is 6.05. The molecule has 1 unspecified atom stereocenters. The Kier molecular flexibility index (Phi) is 4.59. The lowest BCUT2D eigenvalue weighted by Gasteiger charge is -2.23. The Balaban J connectivity index is 1.73. The van der Waals surface area contributed by atoms with Crippen LogP contribution in [-0.4, -0.2) is 22.7 Å². The van der Waals surface area contributed by atoms with Crippen LogP contribution in [0.5, 0.6) is 5.75 Å². The highest BCUT2D eigenvalue weighted by Crippen LogP contribution is 2.26. The van der Waals surface area contributed by atoms with Crippen molar-refractivity contribution in [1.29, 1.82) is 0 Å². The van der Waals surface area contributed by atoms with Crippen LogP contribution in [0.15, 0.2) is 36.5 Å². The molecule has 0 spiro atoms. The molecule has 1 aliphatic rings. The van der Waals surface area contributed by atoms with Crippen LogP contribution in [-0.2, 0) is 6.42 Å². The van der Waals surface area contributed by atoms with E-state index in [0.29, 0.717) is 17.6 Å². The number of aryl methyl sites for hydroxylation is 1. The molecule has 1 saturated heterocycles. The summed E-state index contributed by atoms with van der Waals surface area (Å²) in [6, 6.07) is 10.1. The average Bonchev–Trinajstić information content (AvgIpc) is 2.54. The minimum atomic E-state index is 0.306. The number of rotatable bonds is 4. The maximum Gasteiger partial charge on any atom is 0.123 e. The number of phenolic OH excluding ortho intramolecular Hbond substituents is 1. The second-order valence-electron chi connectivity index (χ2n) is 6.05. The van der Waals surface area contributed by atoms with Crippen LogP contribution in [0.4, 0.5) is 5.82 Å². The van der Waals surface area contributed by atoms with Gasteiger partial charge in [-0.05, 0) is 67.6 Å². The van der Waals surface area contributed by atoms with E-state index in [2.05, 4.69) is 16.4 Å². The van der Waals surface area contributed by atoms with Crippen LogP contribution in [0, 0.1) is 0 Å². The molecule has 1 aliphatic heterocycles. The highest BCUT2D eigenvalue weighted by atomic mass is 16.3. The third kappa shape index (κ3) is 3.77. The first-order valence-corrected chi connectivity index (χ1v) is 7.99. The van der Waals surface area contributed by atoms with E-state index in [-0.39, 0.29) is 0 Å². The summed E-state index contributed by atoms with van der Waals surface area (Å²) < 4.78 is 0. The van der Waals surface area contributed by atoms with E-state index in [1.165, 1.54) is 24.8 Å². The molecule has 4 N–H and O–H groups in total. The summed E-state index contributed by atoms with van der Waals surface area (Å²) in [7, 11) is 0. The predicted molar refractivity (Wildman–Crippen MR) is 89.7 cm³/mol. The van der Waals surface area contributed by atoms with E-state index in [0.717, 1.165) is 30.5 Å². The first kappa shape index (κ1) is 14.9. The first-order valence-electron chi connectivity index (χ1n) is 7.99. The Labute approximate surface area is 131 Å². The van der Waals surface area contributed by atoms with Gasteiger partial charge in [0.05, 0.1) is 0 Å². The van der Waals surface area contributed by atoms with Crippen molar-refractivity contribution in [1.82, 2.24) is 10.3 Å². The van der Waals surface area contributed by atoms with E-state index in [1.807, 2.05) is 12.1 Å². The van der Waals surface area contributed by atoms with Crippen LogP contribution < -0.4 is 11.1 Å². The Morgan fingerprint density at radius 2 is 2.09 bits per heavy atom. The average molecular weight is 297 g/mol. The molecule has 2 aromatic rings. The minimum Gasteiger partial charge on any atom is -0.508 e. The number of hydrogen-bond acceptors (Lipinski definition) is 4. The number of aromatic hydroxyl groups is 1. The van der Waals surface area contributed by atoms with Gasteiger partial charge in [-0.1, -0.05) is 12.5 Å². The van der Waals surface area contributed by atoms with E-state index < -0.39 is 0 Å². The number of nitrogens with zero attached hydrogens (tertiary/aromatic N) is 1. The van der Waals surface area contributed by atoms with Crippen molar-refractivity contribution in [2.75, 3.05) is 12.3 Å². The van der Waals surface area contributed by atoms with Crippen LogP contribution >= 0.6 is 0 Å². The van der Waals surface area contributed by atoms with E-state index in [9.17, 15) is 5.11 Å². The molecule has 1 aromatic carbocycles. The van der Waals surface area contributed by atoms with Gasteiger partial charge in [0.1, 0.15) is 11.6 Å². The summed E-state index contributed by atoms with van der Waals surface area (Å²) in [4.78, 5) is 4.12. The summed E-state index contributed by atoms with van der Waals surface area (Å²) in [6.07, 6.45) is 7.70. The Morgan fingerprint density at radius 3 is 2.82 bits per heavy atom. The second kappa shape index (κ2) is 6.79. The zero-order valence-electron chi connectivity index (χ0n) is 12.8. The fourth-order valence-electron chi connectivity index (χ4n) is 3.07. The molecular weight excluding hydrogens is 274 g/mol. The number of anilines is 1. The van der Waals surface area contributed by atoms with Crippen molar-refractivity contribution in [3.05, 3.63) is 42.1 Å². The Morgan fingerprint density at radius 1 is 1.18 bits per heavy atom. The predicted octanol–water partition coefficient (Wildman–Crippen LogP) is 3.11. The van der Waals surface area contributed by atoms with Crippen molar-refractivity contribution in [2.45, 2.75) is 38.1 Å². The highest BCUT2D eigenvalue weighted by molar-refractivity contribution is 5.66. The van der Waals surface area contributed by atoms with Gasteiger partial charge in [-0.2, -0.15) is 0 Å². The molecule has 4 nitrogen and oxygen atoms in total. The normalized spacial score (nSPS) is 18.3. The molecule has 1 atom stereocenters. The maximum atomic E-state index is 9.99. The van der Waals surface area contributed by atoms with E-state index >= 15 is 0 Å². The fourth-order valence-corrected chi connectivity index (χ4v) is 3.07. The molecule has 1 aromatic heterocycles. The third-order valence-electron chi connectivity index (χ3n) is 4.29. The minimum absolute atomic E-state index is 0.306. The van der Waals surface area contributed by atoms with Gasteiger partial charge >= 0.3 is 0 Å². The molecule has 116 valence electrons. The molecule has 22 heavy (non-hydrogen) atoms. The van der Waals surface area contributed by atoms with Gasteiger partial charge in [0, 0.05) is 17.8 Å². The number of pyridine rings is 1. The third-order valence-corrected chi connectivity index (χ3v) is 4.29. The van der Waals surface area contributed by atoms with Gasteiger partial charge in [-0.15, -0.1) is 0 Å². The lowest BCUT2D eigenvalue weighted by molar-refractivity contribution is 0.382. The largest absolute Gasteiger partial charge is 0.508 e. The topological polar surface area (TPSA) is 71.2 Å². The lowest BCUT2D eigenvalue weighted by Crippen LogP contribution is -2.34. The molecule has 0 saturated carbocycles. The van der Waals surface area contributed by atoms with Gasteiger partial charge in [-0.25, -0.2) is 4.98 Å². The molecule has 4 heteroatoms. The molecule has 1 fully saturated rings. The molecule has 2 heterocycles. The zero-order chi connectivity index (χ0) is 15.4. The number of piperidine rings is 1. The number of aromatic nitrogens is 1. The standard InChI is InChI=1S/C18H23N3O/c19-18-7-5-14(12-21-18)15-9-13(10-17(22)11-15)4-6-16-3-1-2-8-20-16/h5,7,9-12,16,20,22H,1-4,6,8H2,(H2,19,21). The smallest absolute Gasteiger partial charge is 0.123 e. The Bertz CT molecular complexity index is 619. The van der Waals surface area contributed by atoms with Gasteiger partial charge in [0.2, 0.25) is 0 Å². The molecule has 0 radical (unpaired) electrons. The summed E-state index contributed by atoms with van der Waals surface area (Å²) in [6.45, 7) is 1.13. The molecule has 0 amide bonds. The van der Waals surface area contributed by atoms with Crippen molar-refractivity contribution < 1.29 is 5.11 Å². The summed E-state index contributed by atoms with van der Waals surface area (Å²) in [5.74, 6) is 0.813. The zero-order valence-corrected chi connectivity index (χ0v) is 12.8. The summed E-state index contributed by atoms with van der Waals surface area (Å²) in [5, 5.41) is 13.6. The molecule has 0 aliphatic carbocycles. The number of nitrogens with one attached hydrogen (secondary N) is 1. The number of hydrogen-bond donors (Lipinski definition) is 3. The maximum absolute atomic E-state index is 9.99. The summed E-state index contributed by atoms with van der Waals surface area (Å²) >= 11 is 0. The fraction of sp³-hybridized carbons (Fsp3) is 0.389. The molecule has 0 bridgehead atoms. The number of phenols is 1. The monoisotopic (exact) mass is 297 g/mol. The number of nitrogen functional groups attached to an aromatic ring is 1. The van der Waals surface area contributed by atoms with Crippen molar-refractivity contribution in [3.63, 3.8) is 0 Å².